The van der Waals surface area contributed by atoms with Crippen molar-refractivity contribution in [3.8, 4) is 5.75 Å². The molecule has 0 aliphatic carbocycles. The van der Waals surface area contributed by atoms with Gasteiger partial charge in [0.2, 0.25) is 5.91 Å². The van der Waals surface area contributed by atoms with E-state index in [0.29, 0.717) is 5.69 Å². The van der Waals surface area contributed by atoms with Gasteiger partial charge in [0.25, 0.3) is 0 Å². The van der Waals surface area contributed by atoms with Gasteiger partial charge in [-0.3, -0.25) is 14.4 Å². The molecule has 0 unspecified atom stereocenters. The van der Waals surface area contributed by atoms with Crippen molar-refractivity contribution < 1.29 is 31.7 Å². The van der Waals surface area contributed by atoms with Crippen LogP contribution in [-0.2, 0) is 24.4 Å². The number of carbonyl (C=O) groups is 3. The Morgan fingerprint density at radius 1 is 0.889 bits per heavy atom. The molecule has 1 fully saturated rings. The number of rotatable bonds is 8. The van der Waals surface area contributed by atoms with Crippen LogP contribution in [0.25, 0.3) is 0 Å². The molecule has 4 rings (SSSR count). The Bertz CT molecular complexity index is 1380. The first-order chi connectivity index (χ1) is 17.1. The second-order valence-electron chi connectivity index (χ2n) is 8.65. The van der Waals surface area contributed by atoms with Crippen molar-refractivity contribution in [1.29, 1.82) is 0 Å². The molecule has 0 bridgehead atoms. The molecular formula is C27H25NO7S. The molecule has 1 heterocycles. The third kappa shape index (κ3) is 5.80. The molecule has 1 atom stereocenters. The second-order valence-corrected chi connectivity index (χ2v) is 10.2. The smallest absolute Gasteiger partial charge is 0.339 e. The zero-order chi connectivity index (χ0) is 25.9. The van der Waals surface area contributed by atoms with Crippen LogP contribution in [-0.4, -0.2) is 39.2 Å². The largest absolute Gasteiger partial charge is 0.457 e. The summed E-state index contributed by atoms with van der Waals surface area (Å²) in [4.78, 5) is 38.9. The van der Waals surface area contributed by atoms with Crippen molar-refractivity contribution in [2.45, 2.75) is 25.2 Å². The van der Waals surface area contributed by atoms with Crippen LogP contribution < -0.4 is 9.08 Å². The van der Waals surface area contributed by atoms with Gasteiger partial charge >= 0.3 is 16.1 Å². The van der Waals surface area contributed by atoms with Crippen LogP contribution in [0.3, 0.4) is 0 Å². The fraction of sp³-hybridized carbons (Fsp3) is 0.222. The first-order valence-electron chi connectivity index (χ1n) is 11.3. The predicted molar refractivity (Wildman–Crippen MR) is 132 cm³/mol. The standard InChI is InChI=1S/C27H25NO7S/c1-18-3-9-22(10-4-18)28-16-21(15-26(28)30)27(31)34-17-25(29)20-7-11-23(12-8-20)35-36(32,33)24-13-5-19(2)6-14-24/h3-14,21H,15-17H2,1-2H3/t21-/m1/s1. The zero-order valence-corrected chi connectivity index (χ0v) is 20.7. The van der Waals surface area contributed by atoms with Crippen molar-refractivity contribution in [2.75, 3.05) is 18.1 Å². The molecule has 3 aromatic carbocycles. The highest BCUT2D eigenvalue weighted by molar-refractivity contribution is 7.87. The normalized spacial score (nSPS) is 15.6. The molecule has 0 aromatic heterocycles. The highest BCUT2D eigenvalue weighted by atomic mass is 32.2. The van der Waals surface area contributed by atoms with E-state index in [4.69, 9.17) is 8.92 Å². The molecule has 186 valence electrons. The summed E-state index contributed by atoms with van der Waals surface area (Å²) in [6.07, 6.45) is 0.0163. The maximum absolute atomic E-state index is 12.5. The first kappa shape index (κ1) is 25.1. The number of ether oxygens (including phenoxy) is 1. The Balaban J connectivity index is 1.31. The Labute approximate surface area is 209 Å². The van der Waals surface area contributed by atoms with Crippen molar-refractivity contribution >= 4 is 33.5 Å². The summed E-state index contributed by atoms with van der Waals surface area (Å²) in [7, 11) is -4.01. The van der Waals surface area contributed by atoms with E-state index in [1.165, 1.54) is 41.3 Å². The topological polar surface area (TPSA) is 107 Å². The number of anilines is 1. The summed E-state index contributed by atoms with van der Waals surface area (Å²) in [5.41, 5.74) is 2.92. The Morgan fingerprint density at radius 2 is 1.47 bits per heavy atom. The number of Topliss-reactive ketones (excluding diaryl/α,β-unsaturated/α-hetero) is 1. The fourth-order valence-corrected chi connectivity index (χ4v) is 4.68. The average molecular weight is 508 g/mol. The zero-order valence-electron chi connectivity index (χ0n) is 19.8. The van der Waals surface area contributed by atoms with Crippen molar-refractivity contribution in [1.82, 2.24) is 0 Å². The summed E-state index contributed by atoms with van der Waals surface area (Å²) in [6, 6.07) is 19.2. The van der Waals surface area contributed by atoms with Gasteiger partial charge in [0, 0.05) is 24.2 Å². The van der Waals surface area contributed by atoms with Crippen LogP contribution in [0.15, 0.2) is 77.7 Å². The van der Waals surface area contributed by atoms with E-state index in [1.54, 1.807) is 12.1 Å². The van der Waals surface area contributed by atoms with Gasteiger partial charge in [-0.05, 0) is 62.4 Å². The lowest BCUT2D eigenvalue weighted by Gasteiger charge is -2.16. The summed E-state index contributed by atoms with van der Waals surface area (Å²) < 4.78 is 35.1. The molecule has 0 radical (unpaired) electrons. The van der Waals surface area contributed by atoms with Gasteiger partial charge in [0.15, 0.2) is 12.4 Å². The molecule has 8 nitrogen and oxygen atoms in total. The minimum atomic E-state index is -4.01. The SMILES string of the molecule is Cc1ccc(N2C[C@H](C(=O)OCC(=O)c3ccc(OS(=O)(=O)c4ccc(C)cc4)cc3)CC2=O)cc1. The van der Waals surface area contributed by atoms with E-state index in [2.05, 4.69) is 0 Å². The molecule has 0 N–H and O–H groups in total. The fourth-order valence-electron chi connectivity index (χ4n) is 3.75. The number of nitrogens with zero attached hydrogens (tertiary/aromatic N) is 1. The first-order valence-corrected chi connectivity index (χ1v) is 12.7. The van der Waals surface area contributed by atoms with Gasteiger partial charge in [0.1, 0.15) is 10.6 Å². The third-order valence-electron chi connectivity index (χ3n) is 5.84. The minimum Gasteiger partial charge on any atom is -0.457 e. The van der Waals surface area contributed by atoms with E-state index < -0.39 is 34.4 Å². The van der Waals surface area contributed by atoms with Crippen LogP contribution in [0.2, 0.25) is 0 Å². The molecule has 0 spiro atoms. The monoisotopic (exact) mass is 507 g/mol. The lowest BCUT2D eigenvalue weighted by Crippen LogP contribution is -2.27. The Morgan fingerprint density at radius 3 is 2.08 bits per heavy atom. The Hall–Kier alpha value is -3.98. The number of carbonyl (C=O) groups excluding carboxylic acids is 3. The van der Waals surface area contributed by atoms with Crippen LogP contribution in [0, 0.1) is 19.8 Å². The highest BCUT2D eigenvalue weighted by Crippen LogP contribution is 2.26. The van der Waals surface area contributed by atoms with E-state index in [0.717, 1.165) is 11.1 Å². The number of hydrogen-bond acceptors (Lipinski definition) is 7. The number of esters is 1. The van der Waals surface area contributed by atoms with Crippen LogP contribution in [0.5, 0.6) is 5.75 Å². The van der Waals surface area contributed by atoms with E-state index in [-0.39, 0.29) is 35.1 Å². The number of hydrogen-bond donors (Lipinski definition) is 0. The minimum absolute atomic E-state index is 0.0163. The summed E-state index contributed by atoms with van der Waals surface area (Å²) >= 11 is 0. The maximum Gasteiger partial charge on any atom is 0.339 e. The molecule has 9 heteroatoms. The van der Waals surface area contributed by atoms with Crippen molar-refractivity contribution in [3.05, 3.63) is 89.5 Å². The van der Waals surface area contributed by atoms with Gasteiger partial charge in [-0.15, -0.1) is 0 Å². The Kier molecular flexibility index (Phi) is 7.21. The maximum atomic E-state index is 12.5. The predicted octanol–water partition coefficient (Wildman–Crippen LogP) is 3.85. The number of ketones is 1. The highest BCUT2D eigenvalue weighted by Gasteiger charge is 2.36. The molecule has 1 aliphatic heterocycles. The lowest BCUT2D eigenvalue weighted by atomic mass is 10.1. The molecular weight excluding hydrogens is 482 g/mol. The quantitative estimate of drug-likeness (QED) is 0.259. The lowest BCUT2D eigenvalue weighted by molar-refractivity contribution is -0.147. The number of aryl methyl sites for hydroxylation is 2. The van der Waals surface area contributed by atoms with Crippen molar-refractivity contribution in [3.63, 3.8) is 0 Å². The molecule has 1 amide bonds. The molecule has 1 saturated heterocycles. The third-order valence-corrected chi connectivity index (χ3v) is 7.10. The summed E-state index contributed by atoms with van der Waals surface area (Å²) in [5, 5.41) is 0. The van der Waals surface area contributed by atoms with E-state index in [1.807, 2.05) is 38.1 Å². The average Bonchev–Trinajstić information content (AvgIpc) is 3.25. The van der Waals surface area contributed by atoms with Gasteiger partial charge in [-0.2, -0.15) is 8.42 Å². The van der Waals surface area contributed by atoms with Crippen LogP contribution in [0.4, 0.5) is 5.69 Å². The number of amides is 1. The van der Waals surface area contributed by atoms with E-state index >= 15 is 0 Å². The van der Waals surface area contributed by atoms with Gasteiger partial charge in [-0.1, -0.05) is 35.4 Å². The molecule has 0 saturated carbocycles. The van der Waals surface area contributed by atoms with Gasteiger partial charge in [-0.25, -0.2) is 0 Å². The summed E-state index contributed by atoms with van der Waals surface area (Å²) in [5.74, 6) is -1.87. The van der Waals surface area contributed by atoms with Crippen LogP contribution in [0.1, 0.15) is 27.9 Å². The van der Waals surface area contributed by atoms with Gasteiger partial charge in [0.05, 0.1) is 5.92 Å². The molecule has 36 heavy (non-hydrogen) atoms. The van der Waals surface area contributed by atoms with Gasteiger partial charge < -0.3 is 13.8 Å². The van der Waals surface area contributed by atoms with Crippen molar-refractivity contribution in [2.24, 2.45) is 5.92 Å². The summed E-state index contributed by atoms with van der Waals surface area (Å²) in [6.45, 7) is 3.49. The number of benzene rings is 3. The van der Waals surface area contributed by atoms with E-state index in [9.17, 15) is 22.8 Å². The van der Waals surface area contributed by atoms with Crippen LogP contribution >= 0.6 is 0 Å². The molecule has 1 aliphatic rings. The second kappa shape index (κ2) is 10.3. The molecule has 3 aromatic rings.